The summed E-state index contributed by atoms with van der Waals surface area (Å²) >= 11 is 0. The van der Waals surface area contributed by atoms with E-state index >= 15 is 0 Å². The van der Waals surface area contributed by atoms with Gasteiger partial charge in [-0.15, -0.1) is 5.10 Å². The van der Waals surface area contributed by atoms with Crippen LogP contribution in [0.5, 0.6) is 0 Å². The van der Waals surface area contributed by atoms with Crippen LogP contribution in [0.15, 0.2) is 11.0 Å². The Labute approximate surface area is 45.2 Å². The lowest BCUT2D eigenvalue weighted by Gasteiger charge is -1.59. The van der Waals surface area contributed by atoms with Gasteiger partial charge in [0.05, 0.1) is 0 Å². The van der Waals surface area contributed by atoms with E-state index in [0.29, 0.717) is 5.42 Å². The quantitative estimate of drug-likeness (QED) is 0.454. The maximum absolute atomic E-state index is 10.4. The zero-order chi connectivity index (χ0) is 5.72. The predicted octanol–water partition coefficient (Wildman–Crippen LogP) is -1.06. The molecule has 0 radical (unpaired) electrons. The lowest BCUT2D eigenvalue weighted by atomic mass is 10.7. The van der Waals surface area contributed by atoms with Crippen LogP contribution >= 0.6 is 7.92 Å². The van der Waals surface area contributed by atoms with Crippen LogP contribution in [0.4, 0.5) is 0 Å². The molecule has 2 heterocycles. The molecule has 0 spiro atoms. The predicted molar refractivity (Wildman–Crippen MR) is 25.9 cm³/mol. The lowest BCUT2D eigenvalue weighted by molar-refractivity contribution is -0.149. The van der Waals surface area contributed by atoms with Crippen molar-refractivity contribution in [3.05, 3.63) is 16.4 Å². The molecule has 0 saturated carbocycles. The minimum absolute atomic E-state index is 0.203. The van der Waals surface area contributed by atoms with Crippen molar-refractivity contribution in [2.45, 2.75) is 0 Å². The summed E-state index contributed by atoms with van der Waals surface area (Å²) in [4.78, 5) is 20.8. The number of aromatic nitrogens is 2. The topological polar surface area (TPSA) is 58.0 Å². The fourth-order valence-electron chi connectivity index (χ4n) is 0.584. The van der Waals surface area contributed by atoms with Gasteiger partial charge in [0, 0.05) is 0 Å². The van der Waals surface area contributed by atoms with Gasteiger partial charge in [-0.25, -0.2) is 0 Å². The molecular formula is C3HN2O2P. The summed E-state index contributed by atoms with van der Waals surface area (Å²) in [6.45, 7) is 0. The molecular weight excluding hydrogens is 127 g/mol. The number of hydrogen-bond donors (Lipinski definition) is 0. The van der Waals surface area contributed by atoms with Crippen molar-refractivity contribution in [3.8, 4) is 5.42 Å². The smallest absolute Gasteiger partial charge is 0.344 e. The summed E-state index contributed by atoms with van der Waals surface area (Å²) in [6, 6.07) is 0. The molecule has 2 aliphatic rings. The van der Waals surface area contributed by atoms with Gasteiger partial charge in [0.25, 0.3) is 5.43 Å². The first-order valence-corrected chi connectivity index (χ1v) is 3.24. The third-order valence-electron chi connectivity index (χ3n) is 1.01. The van der Waals surface area contributed by atoms with Crippen molar-refractivity contribution in [2.75, 3.05) is 0 Å². The highest BCUT2D eigenvalue weighted by atomic mass is 31.1. The third-order valence-corrected chi connectivity index (χ3v) is 2.24. The van der Waals surface area contributed by atoms with Crippen molar-refractivity contribution in [3.63, 3.8) is 0 Å². The Balaban J connectivity index is 2.90. The second kappa shape index (κ2) is 0.989. The number of rotatable bonds is 0. The van der Waals surface area contributed by atoms with Gasteiger partial charge in [-0.1, -0.05) is 0 Å². The first-order valence-electron chi connectivity index (χ1n) is 2.03. The molecule has 0 N–H and O–H groups in total. The molecule has 0 saturated heterocycles. The molecule has 1 atom stereocenters. The van der Waals surface area contributed by atoms with E-state index in [2.05, 4.69) is 5.10 Å². The normalized spacial score (nSPS) is 13.9. The molecule has 8 heavy (non-hydrogen) atoms. The molecule has 0 aliphatic carbocycles. The summed E-state index contributed by atoms with van der Waals surface area (Å²) in [5, 5.41) is 3.51. The zero-order valence-corrected chi connectivity index (χ0v) is 4.63. The largest absolute Gasteiger partial charge is 0.606 e. The van der Waals surface area contributed by atoms with E-state index in [1.807, 2.05) is 0 Å². The first kappa shape index (κ1) is 4.18. The molecule has 0 fully saturated rings. The molecule has 40 valence electrons. The van der Waals surface area contributed by atoms with Crippen LogP contribution in [0.1, 0.15) is 0 Å². The van der Waals surface area contributed by atoms with E-state index in [4.69, 9.17) is 0 Å². The highest BCUT2D eigenvalue weighted by Gasteiger charge is 2.36. The van der Waals surface area contributed by atoms with E-state index < -0.39 is 7.92 Å². The molecule has 4 nitrogen and oxygen atoms in total. The molecule has 0 amide bonds. The first-order chi connectivity index (χ1) is 3.80. The average molecular weight is 128 g/mol. The van der Waals surface area contributed by atoms with Gasteiger partial charge in [0.15, 0.2) is 0 Å². The lowest BCUT2D eigenvalue weighted by Crippen LogP contribution is -1.88. The zero-order valence-electron chi connectivity index (χ0n) is 3.74. The van der Waals surface area contributed by atoms with Gasteiger partial charge in [-0.3, -0.25) is 4.79 Å². The summed E-state index contributed by atoms with van der Waals surface area (Å²) in [5.41, 5.74) is 0.158. The summed E-state index contributed by atoms with van der Waals surface area (Å²) in [5.74, 6) is 0. The van der Waals surface area contributed by atoms with Crippen LogP contribution in [-0.4, -0.2) is 9.54 Å². The highest BCUT2D eigenvalue weighted by Crippen LogP contribution is 2.38. The molecule has 2 rings (SSSR count). The van der Waals surface area contributed by atoms with Gasteiger partial charge in [0.2, 0.25) is 7.92 Å². The van der Waals surface area contributed by atoms with Crippen molar-refractivity contribution in [1.29, 1.82) is 0 Å². The summed E-state index contributed by atoms with van der Waals surface area (Å²) < 4.78 is 1.23. The molecule has 0 aromatic rings. The number of hydrogen-bond acceptors (Lipinski definition) is 3. The summed E-state index contributed by atoms with van der Waals surface area (Å²) in [6.07, 6.45) is 1.17. The van der Waals surface area contributed by atoms with Crippen LogP contribution in [0, 0.1) is 0 Å². The van der Waals surface area contributed by atoms with Crippen molar-refractivity contribution in [2.24, 2.45) is 0 Å². The van der Waals surface area contributed by atoms with E-state index in [1.165, 1.54) is 10.6 Å². The second-order valence-electron chi connectivity index (χ2n) is 1.49. The molecule has 0 bridgehead atoms. The Bertz CT molecular complexity index is 305. The monoisotopic (exact) mass is 128 g/mol. The van der Waals surface area contributed by atoms with Crippen molar-refractivity contribution in [1.82, 2.24) is 9.54 Å². The van der Waals surface area contributed by atoms with E-state index in [9.17, 15) is 9.69 Å². The van der Waals surface area contributed by atoms with E-state index in [0.717, 1.165) is 0 Å². The minimum atomic E-state index is -1.50. The molecule has 5 heteroatoms. The standard InChI is InChI=1S/C3HN2O2P/c6-2-1-4-5-3(2)8(5)7/h1H. The Kier molecular flexibility index (Phi) is 0.517. The van der Waals surface area contributed by atoms with Gasteiger partial charge in [-0.2, -0.15) is 0 Å². The van der Waals surface area contributed by atoms with Gasteiger partial charge in [-0.05, 0) is 4.44 Å². The third kappa shape index (κ3) is 0.288. The average Bonchev–Trinajstić information content (AvgIpc) is 2.13. The van der Waals surface area contributed by atoms with Crippen LogP contribution in [0.3, 0.4) is 0 Å². The van der Waals surface area contributed by atoms with Crippen molar-refractivity contribution < 1.29 is 4.89 Å². The molecule has 0 aromatic heterocycles. The maximum Gasteiger partial charge on any atom is 0.344 e. The van der Waals surface area contributed by atoms with Gasteiger partial charge < -0.3 is 4.89 Å². The summed E-state index contributed by atoms with van der Waals surface area (Å²) in [7, 11) is -1.50. The number of fused-ring (bicyclic) bond motifs is 1. The highest BCUT2D eigenvalue weighted by molar-refractivity contribution is 7.48. The Hall–Kier alpha value is -0.730. The van der Waals surface area contributed by atoms with Crippen molar-refractivity contribution >= 4 is 7.92 Å². The minimum Gasteiger partial charge on any atom is -0.606 e. The van der Waals surface area contributed by atoms with E-state index in [1.54, 1.807) is 0 Å². The Morgan fingerprint density at radius 3 is 2.88 bits per heavy atom. The maximum atomic E-state index is 10.4. The van der Waals surface area contributed by atoms with Gasteiger partial charge in [0.1, 0.15) is 6.20 Å². The van der Waals surface area contributed by atoms with Crippen LogP contribution in [-0.2, 0) is 0 Å². The molecule has 0 aromatic carbocycles. The van der Waals surface area contributed by atoms with Gasteiger partial charge >= 0.3 is 5.42 Å². The number of nitrogens with zero attached hydrogens (tertiary/aromatic N) is 2. The molecule has 1 unspecified atom stereocenters. The second-order valence-corrected chi connectivity index (χ2v) is 2.84. The van der Waals surface area contributed by atoms with Crippen LogP contribution in [0.2, 0.25) is 0 Å². The van der Waals surface area contributed by atoms with Crippen LogP contribution < -0.4 is 10.3 Å². The Morgan fingerprint density at radius 2 is 2.62 bits per heavy atom. The Morgan fingerprint density at radius 1 is 1.88 bits per heavy atom. The fraction of sp³-hybridized carbons (Fsp3) is 0. The SMILES string of the molecule is O=c1cnn2[p+]([O-])c1-2. The molecule has 2 aliphatic heterocycles. The van der Waals surface area contributed by atoms with E-state index in [-0.39, 0.29) is 5.43 Å². The van der Waals surface area contributed by atoms with Crippen LogP contribution in [0.25, 0.3) is 5.42 Å². The fourth-order valence-corrected chi connectivity index (χ4v) is 1.48.